The van der Waals surface area contributed by atoms with Crippen LogP contribution in [0.5, 0.6) is 11.6 Å². The highest BCUT2D eigenvalue weighted by Crippen LogP contribution is 2.32. The molecule has 1 heterocycles. The Balaban J connectivity index is 2.28. The van der Waals surface area contributed by atoms with Gasteiger partial charge in [0.1, 0.15) is 10.8 Å². The summed E-state index contributed by atoms with van der Waals surface area (Å²) in [6, 6.07) is 7.94. The summed E-state index contributed by atoms with van der Waals surface area (Å²) in [6.07, 6.45) is 1.67. The fraction of sp³-hybridized carbons (Fsp3) is 0.353. The topological polar surface area (TPSA) is 22.1 Å². The number of aromatic nitrogens is 1. The van der Waals surface area contributed by atoms with Crippen LogP contribution in [0.1, 0.15) is 37.5 Å². The average molecular weight is 324 g/mol. The second kappa shape index (κ2) is 6.25. The molecule has 0 saturated heterocycles. The van der Waals surface area contributed by atoms with Gasteiger partial charge < -0.3 is 4.74 Å². The Labute approximate surface area is 136 Å². The van der Waals surface area contributed by atoms with Gasteiger partial charge in [0.05, 0.1) is 0 Å². The molecule has 0 amide bonds. The SMILES string of the molecule is Cc1cc(C(C)(C)C)ccc1Oc1ncc(CCl)cc1Cl. The summed E-state index contributed by atoms with van der Waals surface area (Å²) >= 11 is 11.9. The Kier molecular flexibility index (Phi) is 4.80. The molecule has 0 bridgehead atoms. The molecule has 0 atom stereocenters. The molecule has 112 valence electrons. The molecule has 0 aliphatic heterocycles. The van der Waals surface area contributed by atoms with Crippen LogP contribution in [0.2, 0.25) is 5.02 Å². The van der Waals surface area contributed by atoms with Gasteiger partial charge in [0, 0.05) is 12.1 Å². The number of pyridine rings is 1. The summed E-state index contributed by atoms with van der Waals surface area (Å²) in [5, 5.41) is 0.465. The zero-order valence-electron chi connectivity index (χ0n) is 12.7. The van der Waals surface area contributed by atoms with E-state index >= 15 is 0 Å². The normalized spacial score (nSPS) is 11.5. The highest BCUT2D eigenvalue weighted by Gasteiger charge is 2.15. The number of halogens is 2. The summed E-state index contributed by atoms with van der Waals surface area (Å²) in [5.41, 5.74) is 3.31. The van der Waals surface area contributed by atoms with Gasteiger partial charge in [-0.3, -0.25) is 0 Å². The van der Waals surface area contributed by atoms with Gasteiger partial charge in [-0.25, -0.2) is 4.98 Å². The number of hydrogen-bond donors (Lipinski definition) is 0. The molecule has 2 rings (SSSR count). The summed E-state index contributed by atoms with van der Waals surface area (Å²) in [6.45, 7) is 8.58. The molecule has 21 heavy (non-hydrogen) atoms. The number of hydrogen-bond acceptors (Lipinski definition) is 2. The summed E-state index contributed by atoms with van der Waals surface area (Å²) in [7, 11) is 0. The number of rotatable bonds is 3. The van der Waals surface area contributed by atoms with Gasteiger partial charge in [-0.15, -0.1) is 11.6 Å². The molecule has 0 saturated carbocycles. The fourth-order valence-corrected chi connectivity index (χ4v) is 2.32. The largest absolute Gasteiger partial charge is 0.437 e. The summed E-state index contributed by atoms with van der Waals surface area (Å²) in [5.74, 6) is 1.54. The van der Waals surface area contributed by atoms with E-state index in [1.165, 1.54) is 5.56 Å². The Hall–Kier alpha value is -1.25. The van der Waals surface area contributed by atoms with Crippen molar-refractivity contribution in [2.75, 3.05) is 0 Å². The number of alkyl halides is 1. The predicted molar refractivity (Wildman–Crippen MR) is 88.8 cm³/mol. The zero-order valence-corrected chi connectivity index (χ0v) is 14.2. The first-order chi connectivity index (χ1) is 9.81. The lowest BCUT2D eigenvalue weighted by Crippen LogP contribution is -2.11. The van der Waals surface area contributed by atoms with Crippen molar-refractivity contribution < 1.29 is 4.74 Å². The lowest BCUT2D eigenvalue weighted by Gasteiger charge is -2.20. The van der Waals surface area contributed by atoms with Gasteiger partial charge in [0.2, 0.25) is 5.88 Å². The van der Waals surface area contributed by atoms with E-state index in [1.807, 2.05) is 13.0 Å². The quantitative estimate of drug-likeness (QED) is 0.659. The average Bonchev–Trinajstić information content (AvgIpc) is 2.41. The molecule has 0 aliphatic rings. The standard InChI is InChI=1S/C17H19Cl2NO/c1-11-7-13(17(2,3)4)5-6-15(11)21-16-14(19)8-12(9-18)10-20-16/h5-8,10H,9H2,1-4H3. The molecule has 0 unspecified atom stereocenters. The second-order valence-corrected chi connectivity index (χ2v) is 6.77. The molecule has 4 heteroatoms. The molecule has 0 spiro atoms. The minimum Gasteiger partial charge on any atom is -0.437 e. The van der Waals surface area contributed by atoms with Gasteiger partial charge >= 0.3 is 0 Å². The first-order valence-electron chi connectivity index (χ1n) is 6.80. The van der Waals surface area contributed by atoms with Crippen molar-refractivity contribution >= 4 is 23.2 Å². The molecule has 0 aliphatic carbocycles. The number of aryl methyl sites for hydroxylation is 1. The molecule has 0 fully saturated rings. The zero-order chi connectivity index (χ0) is 15.6. The van der Waals surface area contributed by atoms with Crippen molar-refractivity contribution in [3.8, 4) is 11.6 Å². The fourth-order valence-electron chi connectivity index (χ4n) is 1.95. The van der Waals surface area contributed by atoms with Crippen molar-refractivity contribution in [1.29, 1.82) is 0 Å². The van der Waals surface area contributed by atoms with Crippen LogP contribution in [-0.2, 0) is 11.3 Å². The monoisotopic (exact) mass is 323 g/mol. The van der Waals surface area contributed by atoms with E-state index < -0.39 is 0 Å². The predicted octanol–water partition coefficient (Wildman–Crippen LogP) is 5.87. The molecule has 1 aromatic carbocycles. The number of benzene rings is 1. The van der Waals surface area contributed by atoms with Gasteiger partial charge in [-0.2, -0.15) is 0 Å². The van der Waals surface area contributed by atoms with E-state index in [2.05, 4.69) is 37.9 Å². The van der Waals surface area contributed by atoms with Crippen LogP contribution in [0, 0.1) is 6.92 Å². The van der Waals surface area contributed by atoms with Crippen LogP contribution < -0.4 is 4.74 Å². The lowest BCUT2D eigenvalue weighted by molar-refractivity contribution is 0.458. The van der Waals surface area contributed by atoms with E-state index in [4.69, 9.17) is 27.9 Å². The van der Waals surface area contributed by atoms with Gasteiger partial charge in [-0.05, 0) is 41.2 Å². The molecular weight excluding hydrogens is 305 g/mol. The van der Waals surface area contributed by atoms with Crippen molar-refractivity contribution in [3.05, 3.63) is 52.2 Å². The lowest BCUT2D eigenvalue weighted by atomic mass is 9.86. The minimum absolute atomic E-state index is 0.112. The molecule has 0 N–H and O–H groups in total. The second-order valence-electron chi connectivity index (χ2n) is 6.10. The number of ether oxygens (including phenoxy) is 1. The van der Waals surface area contributed by atoms with E-state index in [-0.39, 0.29) is 5.41 Å². The van der Waals surface area contributed by atoms with Crippen molar-refractivity contribution in [1.82, 2.24) is 4.98 Å². The van der Waals surface area contributed by atoms with Crippen LogP contribution in [0.15, 0.2) is 30.5 Å². The number of nitrogens with zero attached hydrogens (tertiary/aromatic N) is 1. The van der Waals surface area contributed by atoms with E-state index in [9.17, 15) is 0 Å². The summed E-state index contributed by atoms with van der Waals surface area (Å²) in [4.78, 5) is 4.22. The van der Waals surface area contributed by atoms with E-state index in [1.54, 1.807) is 12.3 Å². The van der Waals surface area contributed by atoms with Crippen LogP contribution in [-0.4, -0.2) is 4.98 Å². The van der Waals surface area contributed by atoms with Gasteiger partial charge in [0.25, 0.3) is 0 Å². The third-order valence-corrected chi connectivity index (χ3v) is 3.85. The van der Waals surface area contributed by atoms with Gasteiger partial charge in [0.15, 0.2) is 0 Å². The Morgan fingerprint density at radius 2 is 1.90 bits per heavy atom. The van der Waals surface area contributed by atoms with E-state index in [0.717, 1.165) is 16.9 Å². The molecule has 1 aromatic heterocycles. The first-order valence-corrected chi connectivity index (χ1v) is 7.72. The van der Waals surface area contributed by atoms with Crippen molar-refractivity contribution in [2.24, 2.45) is 0 Å². The van der Waals surface area contributed by atoms with Crippen LogP contribution in [0.25, 0.3) is 0 Å². The smallest absolute Gasteiger partial charge is 0.238 e. The van der Waals surface area contributed by atoms with E-state index in [0.29, 0.717) is 16.8 Å². The third-order valence-electron chi connectivity index (χ3n) is 3.27. The van der Waals surface area contributed by atoms with Crippen LogP contribution >= 0.6 is 23.2 Å². The highest BCUT2D eigenvalue weighted by molar-refractivity contribution is 6.32. The van der Waals surface area contributed by atoms with Crippen LogP contribution in [0.3, 0.4) is 0 Å². The summed E-state index contributed by atoms with van der Waals surface area (Å²) < 4.78 is 5.82. The third kappa shape index (κ3) is 3.90. The highest BCUT2D eigenvalue weighted by atomic mass is 35.5. The maximum atomic E-state index is 6.17. The first kappa shape index (κ1) is 16.1. The van der Waals surface area contributed by atoms with Crippen molar-refractivity contribution in [2.45, 2.75) is 39.0 Å². The molecule has 2 aromatic rings. The Morgan fingerprint density at radius 1 is 1.19 bits per heavy atom. The maximum absolute atomic E-state index is 6.17. The molecule has 0 radical (unpaired) electrons. The minimum atomic E-state index is 0.112. The van der Waals surface area contributed by atoms with Gasteiger partial charge in [-0.1, -0.05) is 44.5 Å². The molecular formula is C17H19Cl2NO. The van der Waals surface area contributed by atoms with Crippen LogP contribution in [0.4, 0.5) is 0 Å². The Morgan fingerprint density at radius 3 is 2.43 bits per heavy atom. The Bertz CT molecular complexity index is 648. The van der Waals surface area contributed by atoms with Crippen molar-refractivity contribution in [3.63, 3.8) is 0 Å². The molecule has 2 nitrogen and oxygen atoms in total. The maximum Gasteiger partial charge on any atom is 0.238 e.